The zero-order valence-electron chi connectivity index (χ0n) is 14.1. The van der Waals surface area contributed by atoms with Gasteiger partial charge in [0.15, 0.2) is 5.82 Å². The molecule has 5 heteroatoms. The first-order valence-electron chi connectivity index (χ1n) is 7.83. The van der Waals surface area contributed by atoms with Crippen LogP contribution in [-0.4, -0.2) is 20.9 Å². The summed E-state index contributed by atoms with van der Waals surface area (Å²) in [7, 11) is 0. The highest BCUT2D eigenvalue weighted by molar-refractivity contribution is 7.99. The van der Waals surface area contributed by atoms with Crippen molar-refractivity contribution in [3.05, 3.63) is 11.7 Å². The molecule has 3 unspecified atom stereocenters. The van der Waals surface area contributed by atoms with Gasteiger partial charge >= 0.3 is 0 Å². The van der Waals surface area contributed by atoms with Crippen molar-refractivity contribution in [3.63, 3.8) is 0 Å². The van der Waals surface area contributed by atoms with Gasteiger partial charge in [-0.15, -0.1) is 11.8 Å². The largest absolute Gasteiger partial charge is 0.339 e. The van der Waals surface area contributed by atoms with Gasteiger partial charge in [0.2, 0.25) is 5.89 Å². The molecular formula is C16H29N3OS. The minimum absolute atomic E-state index is 0.0959. The van der Waals surface area contributed by atoms with Crippen molar-refractivity contribution >= 4 is 11.8 Å². The lowest BCUT2D eigenvalue weighted by atomic mass is 9.61. The van der Waals surface area contributed by atoms with Crippen LogP contribution in [0.3, 0.4) is 0 Å². The maximum atomic E-state index is 6.22. The van der Waals surface area contributed by atoms with E-state index in [1.807, 2.05) is 11.8 Å². The van der Waals surface area contributed by atoms with Gasteiger partial charge in [-0.3, -0.25) is 0 Å². The maximum absolute atomic E-state index is 6.22. The number of thioether (sulfide) groups is 1. The standard InChI is InChI=1S/C16H29N3OS/c1-10-12(17)8-7-11(16(10,5)6)14-18-13(19-20-14)9-21-15(2,3)4/h10-12H,7-9,17H2,1-6H3. The lowest BCUT2D eigenvalue weighted by Gasteiger charge is -2.45. The highest BCUT2D eigenvalue weighted by Crippen LogP contribution is 2.49. The van der Waals surface area contributed by atoms with Crippen LogP contribution in [-0.2, 0) is 5.75 Å². The number of hydrogen-bond acceptors (Lipinski definition) is 5. The summed E-state index contributed by atoms with van der Waals surface area (Å²) in [5.41, 5.74) is 6.32. The van der Waals surface area contributed by atoms with Crippen LogP contribution in [0.2, 0.25) is 0 Å². The summed E-state index contributed by atoms with van der Waals surface area (Å²) in [4.78, 5) is 4.65. The predicted molar refractivity (Wildman–Crippen MR) is 88.2 cm³/mol. The summed E-state index contributed by atoms with van der Waals surface area (Å²) in [5.74, 6) is 3.17. The van der Waals surface area contributed by atoms with Crippen LogP contribution < -0.4 is 5.73 Å². The van der Waals surface area contributed by atoms with Crippen molar-refractivity contribution < 1.29 is 4.52 Å². The number of hydrogen-bond donors (Lipinski definition) is 1. The van der Waals surface area contributed by atoms with E-state index in [9.17, 15) is 0 Å². The molecule has 1 saturated carbocycles. The van der Waals surface area contributed by atoms with Crippen molar-refractivity contribution in [2.24, 2.45) is 17.1 Å². The molecule has 1 fully saturated rings. The summed E-state index contributed by atoms with van der Waals surface area (Å²) in [6, 6.07) is 0.273. The van der Waals surface area contributed by atoms with Crippen molar-refractivity contribution in [2.45, 2.75) is 76.8 Å². The first kappa shape index (κ1) is 16.8. The van der Waals surface area contributed by atoms with E-state index in [0.717, 1.165) is 30.3 Å². The van der Waals surface area contributed by atoms with E-state index in [2.05, 4.69) is 51.7 Å². The van der Waals surface area contributed by atoms with E-state index in [0.29, 0.717) is 11.8 Å². The molecular weight excluding hydrogens is 282 g/mol. The summed E-state index contributed by atoms with van der Waals surface area (Å²) in [6.07, 6.45) is 2.07. The molecule has 1 aliphatic rings. The van der Waals surface area contributed by atoms with E-state index < -0.39 is 0 Å². The number of aromatic nitrogens is 2. The van der Waals surface area contributed by atoms with Gasteiger partial charge in [-0.1, -0.05) is 46.7 Å². The minimum Gasteiger partial charge on any atom is -0.339 e. The molecule has 0 radical (unpaired) electrons. The second kappa shape index (κ2) is 5.92. The summed E-state index contributed by atoms with van der Waals surface area (Å²) in [5, 5.41) is 4.17. The molecule has 1 aliphatic carbocycles. The molecule has 0 bridgehead atoms. The highest BCUT2D eigenvalue weighted by atomic mass is 32.2. The maximum Gasteiger partial charge on any atom is 0.230 e. The van der Waals surface area contributed by atoms with Gasteiger partial charge in [0.1, 0.15) is 0 Å². The Hall–Kier alpha value is -0.550. The van der Waals surface area contributed by atoms with E-state index in [4.69, 9.17) is 10.3 Å². The van der Waals surface area contributed by atoms with Gasteiger partial charge in [-0.05, 0) is 24.2 Å². The van der Waals surface area contributed by atoms with Crippen LogP contribution in [0.5, 0.6) is 0 Å². The number of rotatable bonds is 3. The summed E-state index contributed by atoms with van der Waals surface area (Å²) >= 11 is 1.84. The monoisotopic (exact) mass is 311 g/mol. The van der Waals surface area contributed by atoms with Crippen LogP contribution in [0.25, 0.3) is 0 Å². The van der Waals surface area contributed by atoms with Gasteiger partial charge < -0.3 is 10.3 Å². The Labute approximate surface area is 132 Å². The van der Waals surface area contributed by atoms with E-state index >= 15 is 0 Å². The second-order valence-corrected chi connectivity index (χ2v) is 9.66. The lowest BCUT2D eigenvalue weighted by molar-refractivity contribution is 0.0806. The molecule has 0 saturated heterocycles. The molecule has 4 nitrogen and oxygen atoms in total. The van der Waals surface area contributed by atoms with Gasteiger partial charge in [0.05, 0.1) is 5.75 Å². The van der Waals surface area contributed by atoms with Gasteiger partial charge in [-0.25, -0.2) is 0 Å². The van der Waals surface area contributed by atoms with Crippen LogP contribution >= 0.6 is 11.8 Å². The molecule has 0 aromatic carbocycles. The van der Waals surface area contributed by atoms with Crippen LogP contribution in [0.4, 0.5) is 0 Å². The Balaban J connectivity index is 2.10. The number of nitrogens with zero attached hydrogens (tertiary/aromatic N) is 2. The van der Waals surface area contributed by atoms with E-state index in [1.165, 1.54) is 0 Å². The van der Waals surface area contributed by atoms with Gasteiger partial charge in [0.25, 0.3) is 0 Å². The molecule has 3 atom stereocenters. The molecule has 2 rings (SSSR count). The molecule has 1 aromatic heterocycles. The normalized spacial score (nSPS) is 29.6. The fourth-order valence-electron chi connectivity index (χ4n) is 3.04. The van der Waals surface area contributed by atoms with Crippen molar-refractivity contribution in [3.8, 4) is 0 Å². The van der Waals surface area contributed by atoms with E-state index in [1.54, 1.807) is 0 Å². The fourth-order valence-corrected chi connectivity index (χ4v) is 3.72. The topological polar surface area (TPSA) is 64.9 Å². The Kier molecular flexibility index (Phi) is 4.74. The Morgan fingerprint density at radius 1 is 1.33 bits per heavy atom. The highest BCUT2D eigenvalue weighted by Gasteiger charge is 2.44. The zero-order valence-corrected chi connectivity index (χ0v) is 15.0. The SMILES string of the molecule is CC1C(N)CCC(c2nc(CSC(C)(C)C)no2)C1(C)C. The van der Waals surface area contributed by atoms with Gasteiger partial charge in [-0.2, -0.15) is 4.98 Å². The molecule has 120 valence electrons. The van der Waals surface area contributed by atoms with Crippen LogP contribution in [0.1, 0.15) is 72.0 Å². The molecule has 2 N–H and O–H groups in total. The van der Waals surface area contributed by atoms with Crippen molar-refractivity contribution in [1.82, 2.24) is 10.1 Å². The van der Waals surface area contributed by atoms with Crippen molar-refractivity contribution in [1.29, 1.82) is 0 Å². The minimum atomic E-state index is 0.0959. The lowest BCUT2D eigenvalue weighted by Crippen LogP contribution is -2.45. The molecule has 0 amide bonds. The quantitative estimate of drug-likeness (QED) is 0.915. The third-order valence-electron chi connectivity index (χ3n) is 4.92. The Morgan fingerprint density at radius 3 is 2.62 bits per heavy atom. The Morgan fingerprint density at radius 2 is 2.00 bits per heavy atom. The summed E-state index contributed by atoms with van der Waals surface area (Å²) < 4.78 is 5.79. The van der Waals surface area contributed by atoms with Gasteiger partial charge in [0, 0.05) is 16.7 Å². The Bertz CT molecular complexity index is 478. The average Bonchev–Trinajstić information content (AvgIpc) is 2.81. The van der Waals surface area contributed by atoms with Crippen LogP contribution in [0, 0.1) is 11.3 Å². The zero-order chi connectivity index (χ0) is 15.8. The molecule has 0 spiro atoms. The first-order valence-corrected chi connectivity index (χ1v) is 8.82. The summed E-state index contributed by atoms with van der Waals surface area (Å²) in [6.45, 7) is 13.4. The van der Waals surface area contributed by atoms with Crippen LogP contribution in [0.15, 0.2) is 4.52 Å². The second-order valence-electron chi connectivity index (χ2n) is 7.85. The average molecular weight is 311 g/mol. The van der Waals surface area contributed by atoms with E-state index in [-0.39, 0.29) is 16.2 Å². The third kappa shape index (κ3) is 3.81. The number of nitrogens with two attached hydrogens (primary N) is 1. The molecule has 21 heavy (non-hydrogen) atoms. The first-order chi connectivity index (χ1) is 9.61. The smallest absolute Gasteiger partial charge is 0.230 e. The fraction of sp³-hybridized carbons (Fsp3) is 0.875. The molecule has 1 aromatic rings. The molecule has 0 aliphatic heterocycles. The molecule has 1 heterocycles. The third-order valence-corrected chi connectivity index (χ3v) is 6.19. The predicted octanol–water partition coefficient (Wildman–Crippen LogP) is 3.97. The van der Waals surface area contributed by atoms with Crippen molar-refractivity contribution in [2.75, 3.05) is 0 Å².